The third-order valence-electron chi connectivity index (χ3n) is 3.53. The molecule has 2 aromatic carbocycles. The van der Waals surface area contributed by atoms with Gasteiger partial charge in [0.1, 0.15) is 0 Å². The Labute approximate surface area is 158 Å². The molecule has 6 nitrogen and oxygen atoms in total. The highest BCUT2D eigenvalue weighted by molar-refractivity contribution is 5.98. The van der Waals surface area contributed by atoms with Gasteiger partial charge in [0.05, 0.1) is 11.1 Å². The summed E-state index contributed by atoms with van der Waals surface area (Å²) < 4.78 is 42.3. The molecule has 2 rings (SSSR count). The van der Waals surface area contributed by atoms with E-state index in [0.717, 1.165) is 24.3 Å². The lowest BCUT2D eigenvalue weighted by Crippen LogP contribution is -2.23. The number of alkyl halides is 3. The second-order valence-electron chi connectivity index (χ2n) is 5.64. The standard InChI is InChI=1S/C19H17F3N2O4/c1-2-23-17(26)13-4-3-5-15(10-13)24-16(25)11-28-18(27)12-6-8-14(9-7-12)19(20,21)22/h3-10H,2,11H2,1H3,(H,23,26)(H,24,25). The van der Waals surface area contributed by atoms with E-state index < -0.39 is 30.2 Å². The van der Waals surface area contributed by atoms with E-state index in [-0.39, 0.29) is 11.5 Å². The smallest absolute Gasteiger partial charge is 0.416 e. The first kappa shape index (κ1) is 20.9. The molecule has 28 heavy (non-hydrogen) atoms. The van der Waals surface area contributed by atoms with E-state index in [1.165, 1.54) is 6.07 Å². The summed E-state index contributed by atoms with van der Waals surface area (Å²) in [5.41, 5.74) is -0.325. The Morgan fingerprint density at radius 3 is 2.29 bits per heavy atom. The van der Waals surface area contributed by atoms with Gasteiger partial charge in [-0.3, -0.25) is 9.59 Å². The Morgan fingerprint density at radius 1 is 1.00 bits per heavy atom. The van der Waals surface area contributed by atoms with Crippen LogP contribution >= 0.6 is 0 Å². The summed E-state index contributed by atoms with van der Waals surface area (Å²) in [5.74, 6) is -1.89. The quantitative estimate of drug-likeness (QED) is 0.737. The number of benzene rings is 2. The van der Waals surface area contributed by atoms with Crippen molar-refractivity contribution in [3.8, 4) is 0 Å². The van der Waals surface area contributed by atoms with Crippen LogP contribution in [0.25, 0.3) is 0 Å². The van der Waals surface area contributed by atoms with Crippen LogP contribution in [0, 0.1) is 0 Å². The maximum Gasteiger partial charge on any atom is 0.416 e. The van der Waals surface area contributed by atoms with Gasteiger partial charge in [0.2, 0.25) is 0 Å². The van der Waals surface area contributed by atoms with Gasteiger partial charge in [0.15, 0.2) is 6.61 Å². The highest BCUT2D eigenvalue weighted by atomic mass is 19.4. The molecule has 2 aromatic rings. The lowest BCUT2D eigenvalue weighted by Gasteiger charge is -2.09. The normalized spacial score (nSPS) is 10.9. The van der Waals surface area contributed by atoms with E-state index in [4.69, 9.17) is 4.74 Å². The van der Waals surface area contributed by atoms with Crippen LogP contribution in [0.4, 0.5) is 18.9 Å². The van der Waals surface area contributed by atoms with E-state index in [9.17, 15) is 27.6 Å². The van der Waals surface area contributed by atoms with Crippen LogP contribution in [0.1, 0.15) is 33.2 Å². The fourth-order valence-electron chi connectivity index (χ4n) is 2.21. The van der Waals surface area contributed by atoms with Gasteiger partial charge in [-0.25, -0.2) is 4.79 Å². The number of nitrogens with one attached hydrogen (secondary N) is 2. The number of hydrogen-bond donors (Lipinski definition) is 2. The summed E-state index contributed by atoms with van der Waals surface area (Å²) in [6.07, 6.45) is -4.51. The summed E-state index contributed by atoms with van der Waals surface area (Å²) in [6, 6.07) is 9.61. The Hall–Kier alpha value is -3.36. The molecule has 0 radical (unpaired) electrons. The number of anilines is 1. The van der Waals surface area contributed by atoms with Crippen LogP contribution in [-0.4, -0.2) is 30.9 Å². The fourth-order valence-corrected chi connectivity index (χ4v) is 2.21. The monoisotopic (exact) mass is 394 g/mol. The molecule has 0 bridgehead atoms. The van der Waals surface area contributed by atoms with E-state index in [1.807, 2.05) is 0 Å². The number of carbonyl (C=O) groups is 3. The lowest BCUT2D eigenvalue weighted by molar-refractivity contribution is -0.137. The van der Waals surface area contributed by atoms with Crippen molar-refractivity contribution in [1.29, 1.82) is 0 Å². The molecule has 0 aliphatic heterocycles. The molecule has 2 amide bonds. The summed E-state index contributed by atoms with van der Waals surface area (Å²) >= 11 is 0. The van der Waals surface area contributed by atoms with E-state index in [0.29, 0.717) is 17.8 Å². The van der Waals surface area contributed by atoms with Gasteiger partial charge in [-0.15, -0.1) is 0 Å². The van der Waals surface area contributed by atoms with Crippen LogP contribution < -0.4 is 10.6 Å². The maximum absolute atomic E-state index is 12.5. The number of amides is 2. The zero-order chi connectivity index (χ0) is 20.7. The Bertz CT molecular complexity index is 864. The minimum absolute atomic E-state index is 0.112. The zero-order valence-electron chi connectivity index (χ0n) is 14.8. The average Bonchev–Trinajstić information content (AvgIpc) is 2.66. The molecule has 0 heterocycles. The molecular weight excluding hydrogens is 377 g/mol. The molecule has 0 unspecified atom stereocenters. The average molecular weight is 394 g/mol. The Balaban J connectivity index is 1.91. The third-order valence-corrected chi connectivity index (χ3v) is 3.53. The van der Waals surface area contributed by atoms with Crippen molar-refractivity contribution in [1.82, 2.24) is 5.32 Å². The summed E-state index contributed by atoms with van der Waals surface area (Å²) in [5, 5.41) is 5.09. The second-order valence-corrected chi connectivity index (χ2v) is 5.64. The molecule has 9 heteroatoms. The van der Waals surface area contributed by atoms with Crippen molar-refractivity contribution in [3.63, 3.8) is 0 Å². The maximum atomic E-state index is 12.5. The van der Waals surface area contributed by atoms with E-state index in [1.54, 1.807) is 25.1 Å². The zero-order valence-corrected chi connectivity index (χ0v) is 14.8. The molecule has 0 aliphatic rings. The van der Waals surface area contributed by atoms with Crippen molar-refractivity contribution in [3.05, 3.63) is 65.2 Å². The number of ether oxygens (including phenoxy) is 1. The van der Waals surface area contributed by atoms with Crippen molar-refractivity contribution in [2.24, 2.45) is 0 Å². The van der Waals surface area contributed by atoms with Gasteiger partial charge < -0.3 is 15.4 Å². The van der Waals surface area contributed by atoms with Crippen LogP contribution in [0.3, 0.4) is 0 Å². The minimum atomic E-state index is -4.51. The van der Waals surface area contributed by atoms with E-state index >= 15 is 0 Å². The minimum Gasteiger partial charge on any atom is -0.452 e. The van der Waals surface area contributed by atoms with Crippen LogP contribution in [0.15, 0.2) is 48.5 Å². The lowest BCUT2D eigenvalue weighted by atomic mass is 10.1. The molecule has 0 spiro atoms. The predicted molar refractivity (Wildman–Crippen MR) is 94.8 cm³/mol. The number of hydrogen-bond acceptors (Lipinski definition) is 4. The van der Waals surface area contributed by atoms with Crippen molar-refractivity contribution >= 4 is 23.5 Å². The van der Waals surface area contributed by atoms with E-state index in [2.05, 4.69) is 10.6 Å². The molecule has 0 aliphatic carbocycles. The van der Waals surface area contributed by atoms with Crippen molar-refractivity contribution in [2.75, 3.05) is 18.5 Å². The number of esters is 1. The first-order valence-electron chi connectivity index (χ1n) is 8.23. The summed E-state index contributed by atoms with van der Waals surface area (Å²) in [4.78, 5) is 35.5. The largest absolute Gasteiger partial charge is 0.452 e. The molecule has 148 valence electrons. The van der Waals surface area contributed by atoms with Crippen LogP contribution in [-0.2, 0) is 15.7 Å². The Morgan fingerprint density at radius 2 is 1.68 bits per heavy atom. The fraction of sp³-hybridized carbons (Fsp3) is 0.211. The molecule has 0 saturated heterocycles. The number of carbonyl (C=O) groups excluding carboxylic acids is 3. The van der Waals surface area contributed by atoms with Crippen LogP contribution in [0.2, 0.25) is 0 Å². The van der Waals surface area contributed by atoms with Gasteiger partial charge in [-0.1, -0.05) is 6.07 Å². The molecule has 0 fully saturated rings. The van der Waals surface area contributed by atoms with Gasteiger partial charge in [-0.2, -0.15) is 13.2 Å². The van der Waals surface area contributed by atoms with Gasteiger partial charge in [0, 0.05) is 17.8 Å². The highest BCUT2D eigenvalue weighted by Crippen LogP contribution is 2.29. The number of rotatable bonds is 6. The topological polar surface area (TPSA) is 84.5 Å². The number of halogens is 3. The SMILES string of the molecule is CCNC(=O)c1cccc(NC(=O)COC(=O)c2ccc(C(F)(F)F)cc2)c1. The molecule has 0 saturated carbocycles. The van der Waals surface area contributed by atoms with Crippen molar-refractivity contribution < 1.29 is 32.3 Å². The van der Waals surface area contributed by atoms with Crippen LogP contribution in [0.5, 0.6) is 0 Å². The molecule has 2 N–H and O–H groups in total. The second kappa shape index (κ2) is 9.03. The van der Waals surface area contributed by atoms with Gasteiger partial charge in [0.25, 0.3) is 11.8 Å². The van der Waals surface area contributed by atoms with Gasteiger partial charge >= 0.3 is 12.1 Å². The van der Waals surface area contributed by atoms with Crippen molar-refractivity contribution in [2.45, 2.75) is 13.1 Å². The Kier molecular flexibility index (Phi) is 6.75. The van der Waals surface area contributed by atoms with Gasteiger partial charge in [-0.05, 0) is 49.4 Å². The summed E-state index contributed by atoms with van der Waals surface area (Å²) in [6.45, 7) is 1.59. The predicted octanol–water partition coefficient (Wildman–Crippen LogP) is 3.25. The summed E-state index contributed by atoms with van der Waals surface area (Å²) in [7, 11) is 0. The highest BCUT2D eigenvalue weighted by Gasteiger charge is 2.30. The molecule has 0 aromatic heterocycles. The first-order chi connectivity index (χ1) is 13.2. The first-order valence-corrected chi connectivity index (χ1v) is 8.23. The third kappa shape index (κ3) is 5.83. The molecular formula is C19H17F3N2O4. The molecule has 0 atom stereocenters.